The molecule has 0 bridgehead atoms. The average molecular weight is 260 g/mol. The fraction of sp³-hybridized carbons (Fsp3) is 0. The van der Waals surface area contributed by atoms with Crippen molar-refractivity contribution < 1.29 is 33.8 Å². The second-order valence-electron chi connectivity index (χ2n) is 3.71. The van der Waals surface area contributed by atoms with Crippen molar-refractivity contribution in [3.8, 4) is 0 Å². The number of carbonyl (C=O) groups is 2. The molecule has 1 aliphatic heterocycles. The van der Waals surface area contributed by atoms with Crippen LogP contribution in [-0.2, 0) is 24.2 Å². The zero-order chi connectivity index (χ0) is 12.0. The third-order valence-corrected chi connectivity index (χ3v) is 3.11. The van der Waals surface area contributed by atoms with Crippen LogP contribution < -0.4 is 0 Å². The van der Waals surface area contributed by atoms with Crippen LogP contribution in [-0.4, -0.2) is 16.9 Å². The fourth-order valence-electron chi connectivity index (χ4n) is 2.09. The van der Waals surface area contributed by atoms with Gasteiger partial charge in [-0.05, 0) is 0 Å². The molecule has 2 aromatic carbocycles. The van der Waals surface area contributed by atoms with Gasteiger partial charge in [0.15, 0.2) is 0 Å². The molecule has 0 radical (unpaired) electrons. The molecule has 0 aliphatic carbocycles. The quantitative estimate of drug-likeness (QED) is 0.580. The van der Waals surface area contributed by atoms with E-state index in [1.165, 1.54) is 20.8 Å². The van der Waals surface area contributed by atoms with Crippen molar-refractivity contribution in [3.05, 3.63) is 47.5 Å². The predicted octanol–water partition coefficient (Wildman–Crippen LogP) is 1.83. The molecular formula is C12H6NO3Ti. The number of imide groups is 1. The molecular weight excluding hydrogens is 254 g/mol. The Kier molecular flexibility index (Phi) is 2.36. The van der Waals surface area contributed by atoms with Gasteiger partial charge in [-0.1, -0.05) is 0 Å². The zero-order valence-corrected chi connectivity index (χ0v) is 10.2. The molecule has 0 saturated heterocycles. The molecule has 3 rings (SSSR count). The van der Waals surface area contributed by atoms with Gasteiger partial charge in [-0.2, -0.15) is 0 Å². The number of hydrogen-bond acceptors (Lipinski definition) is 3. The summed E-state index contributed by atoms with van der Waals surface area (Å²) in [5, 5.41) is 2.38. The molecule has 0 N–H and O–H groups in total. The third-order valence-electron chi connectivity index (χ3n) is 2.83. The van der Waals surface area contributed by atoms with Gasteiger partial charge in [-0.15, -0.1) is 0 Å². The summed E-state index contributed by atoms with van der Waals surface area (Å²) < 4.78 is 4.84. The molecule has 2 amide bonds. The predicted molar refractivity (Wildman–Crippen MR) is 55.5 cm³/mol. The summed E-state index contributed by atoms with van der Waals surface area (Å²) >= 11 is 1.31. The third kappa shape index (κ3) is 1.38. The zero-order valence-electron chi connectivity index (χ0n) is 8.64. The van der Waals surface area contributed by atoms with Crippen LogP contribution in [0.1, 0.15) is 20.7 Å². The van der Waals surface area contributed by atoms with E-state index in [2.05, 4.69) is 0 Å². The van der Waals surface area contributed by atoms with Crippen LogP contribution in [0, 0.1) is 0 Å². The van der Waals surface area contributed by atoms with Crippen LogP contribution in [0.3, 0.4) is 0 Å². The normalized spacial score (nSPS) is 14.4. The van der Waals surface area contributed by atoms with Crippen LogP contribution in [0.4, 0.5) is 0 Å². The monoisotopic (exact) mass is 260 g/mol. The summed E-state index contributed by atoms with van der Waals surface area (Å²) in [4.78, 5) is 24.0. The van der Waals surface area contributed by atoms with E-state index in [0.717, 1.165) is 10.4 Å². The first-order valence-corrected chi connectivity index (χ1v) is 5.62. The van der Waals surface area contributed by atoms with E-state index in [-0.39, 0.29) is 0 Å². The number of amides is 2. The van der Waals surface area contributed by atoms with Gasteiger partial charge >= 0.3 is 109 Å². The molecule has 17 heavy (non-hydrogen) atoms. The maximum atomic E-state index is 12.0. The summed E-state index contributed by atoms with van der Waals surface area (Å²) in [6, 6.07) is 10.8. The Morgan fingerprint density at radius 1 is 0.941 bits per heavy atom. The van der Waals surface area contributed by atoms with E-state index in [0.29, 0.717) is 16.5 Å². The van der Waals surface area contributed by atoms with Crippen LogP contribution in [0.2, 0.25) is 0 Å². The van der Waals surface area contributed by atoms with Crippen molar-refractivity contribution in [2.45, 2.75) is 0 Å². The summed E-state index contributed by atoms with van der Waals surface area (Å²) in [6.45, 7) is 0. The topological polar surface area (TPSA) is 46.6 Å². The Hall–Kier alpha value is -1.49. The molecule has 4 nitrogen and oxygen atoms in total. The van der Waals surface area contributed by atoms with Crippen molar-refractivity contribution in [3.63, 3.8) is 0 Å². The van der Waals surface area contributed by atoms with Crippen LogP contribution in [0.25, 0.3) is 10.8 Å². The van der Waals surface area contributed by atoms with Crippen LogP contribution in [0.15, 0.2) is 36.4 Å². The van der Waals surface area contributed by atoms with E-state index in [1.807, 2.05) is 12.1 Å². The molecule has 0 unspecified atom stereocenters. The summed E-state index contributed by atoms with van der Waals surface area (Å²) in [6.07, 6.45) is 0. The van der Waals surface area contributed by atoms with E-state index >= 15 is 0 Å². The van der Waals surface area contributed by atoms with Crippen molar-refractivity contribution in [2.75, 3.05) is 0 Å². The van der Waals surface area contributed by atoms with Crippen molar-refractivity contribution in [1.29, 1.82) is 0 Å². The average Bonchev–Trinajstić information content (AvgIpc) is 2.36. The fourth-order valence-corrected chi connectivity index (χ4v) is 2.35. The molecule has 5 heteroatoms. The first-order valence-electron chi connectivity index (χ1n) is 4.98. The molecule has 81 valence electrons. The number of nitrogens with zero attached hydrogens (tertiary/aromatic N) is 1. The van der Waals surface area contributed by atoms with E-state index in [9.17, 15) is 9.59 Å². The maximum absolute atomic E-state index is 12.0. The Balaban J connectivity index is 2.43. The SMILES string of the molecule is O=C1c2cccc3cccc(c23)C(=O)N1[O][Ti]. The number of hydroxylamine groups is 2. The number of hydrogen-bond donors (Lipinski definition) is 0. The van der Waals surface area contributed by atoms with Crippen molar-refractivity contribution in [1.82, 2.24) is 5.06 Å². The van der Waals surface area contributed by atoms with Gasteiger partial charge in [0.25, 0.3) is 0 Å². The van der Waals surface area contributed by atoms with Crippen molar-refractivity contribution >= 4 is 22.6 Å². The van der Waals surface area contributed by atoms with Gasteiger partial charge in [-0.3, -0.25) is 0 Å². The van der Waals surface area contributed by atoms with Gasteiger partial charge in [0.05, 0.1) is 0 Å². The Bertz CT molecular complexity index is 602. The van der Waals surface area contributed by atoms with E-state index < -0.39 is 11.8 Å². The number of rotatable bonds is 1. The Morgan fingerprint density at radius 3 is 1.94 bits per heavy atom. The summed E-state index contributed by atoms with van der Waals surface area (Å²) in [5.74, 6) is -0.830. The van der Waals surface area contributed by atoms with Crippen molar-refractivity contribution in [2.24, 2.45) is 0 Å². The van der Waals surface area contributed by atoms with Gasteiger partial charge < -0.3 is 0 Å². The minimum absolute atomic E-state index is 0.415. The summed E-state index contributed by atoms with van der Waals surface area (Å²) in [7, 11) is 0. The molecule has 0 atom stereocenters. The molecule has 2 aromatic rings. The van der Waals surface area contributed by atoms with Gasteiger partial charge in [-0.25, -0.2) is 0 Å². The molecule has 0 saturated carbocycles. The van der Waals surface area contributed by atoms with Gasteiger partial charge in [0.1, 0.15) is 0 Å². The Labute approximate surface area is 109 Å². The minimum atomic E-state index is -0.415. The first kappa shape index (κ1) is 10.7. The molecule has 1 heterocycles. The van der Waals surface area contributed by atoms with Crippen LogP contribution >= 0.6 is 0 Å². The summed E-state index contributed by atoms with van der Waals surface area (Å²) in [5.41, 5.74) is 0.999. The van der Waals surface area contributed by atoms with Crippen LogP contribution in [0.5, 0.6) is 0 Å². The first-order chi connectivity index (χ1) is 8.24. The Morgan fingerprint density at radius 2 is 1.47 bits per heavy atom. The molecule has 1 aliphatic rings. The molecule has 0 spiro atoms. The van der Waals surface area contributed by atoms with Gasteiger partial charge in [0.2, 0.25) is 0 Å². The molecule has 0 aromatic heterocycles. The van der Waals surface area contributed by atoms with E-state index in [4.69, 9.17) is 3.42 Å². The number of benzene rings is 2. The number of carbonyl (C=O) groups excluding carboxylic acids is 2. The standard InChI is InChI=1S/C12H6NO3.Ti/c14-11-8-5-1-3-7-4-2-6-9(10(7)8)12(15)13(11)16;/h1-6H;/q-1;+1. The van der Waals surface area contributed by atoms with E-state index in [1.54, 1.807) is 24.3 Å². The second kappa shape index (κ2) is 3.77. The van der Waals surface area contributed by atoms with Gasteiger partial charge in [0, 0.05) is 0 Å². The second-order valence-corrected chi connectivity index (χ2v) is 3.99. The molecule has 0 fully saturated rings.